The van der Waals surface area contributed by atoms with Gasteiger partial charge in [0, 0.05) is 17.4 Å². The van der Waals surface area contributed by atoms with E-state index in [9.17, 15) is 9.59 Å². The molecule has 1 aromatic heterocycles. The Labute approximate surface area is 130 Å². The summed E-state index contributed by atoms with van der Waals surface area (Å²) in [5, 5.41) is 0.660. The summed E-state index contributed by atoms with van der Waals surface area (Å²) in [6, 6.07) is 7.28. The van der Waals surface area contributed by atoms with Crippen molar-refractivity contribution in [1.29, 1.82) is 0 Å². The van der Waals surface area contributed by atoms with Crippen LogP contribution in [-0.2, 0) is 16.0 Å². The van der Waals surface area contributed by atoms with Gasteiger partial charge < -0.3 is 14.0 Å². The van der Waals surface area contributed by atoms with Crippen molar-refractivity contribution >= 4 is 38.8 Å². The van der Waals surface area contributed by atoms with Crippen molar-refractivity contribution in [1.82, 2.24) is 4.57 Å². The van der Waals surface area contributed by atoms with E-state index in [1.165, 1.54) is 14.2 Å². The molecule has 0 radical (unpaired) electrons. The number of methoxy groups -OCH3 is 2. The average molecular weight is 352 g/mol. The molecule has 0 fully saturated rings. The Morgan fingerprint density at radius 2 is 1.86 bits per heavy atom. The number of nitrogens with zero attached hydrogens (tertiary/aromatic N) is 1. The number of ether oxygens (including phenoxy) is 2. The third kappa shape index (κ3) is 2.71. The summed E-state index contributed by atoms with van der Waals surface area (Å²) >= 11 is 3.20. The van der Waals surface area contributed by atoms with Crippen LogP contribution < -0.4 is 0 Å². The molecule has 6 heteroatoms. The standard InChI is InChI=1S/C15H14BrNO4/c1-20-14(18)12-10-6-3-4-7-11(10)17(9-5-8-16)13(12)15(19)21-2/h3-8H,9H2,1-2H3/b8-5+. The van der Waals surface area contributed by atoms with Gasteiger partial charge in [-0.2, -0.15) is 0 Å². The number of hydrogen-bond acceptors (Lipinski definition) is 4. The lowest BCUT2D eigenvalue weighted by atomic mass is 10.1. The van der Waals surface area contributed by atoms with E-state index in [0.717, 1.165) is 5.52 Å². The van der Waals surface area contributed by atoms with Crippen LogP contribution in [0, 0.1) is 0 Å². The highest BCUT2D eigenvalue weighted by atomic mass is 79.9. The summed E-state index contributed by atoms with van der Waals surface area (Å²) < 4.78 is 11.4. The number of rotatable bonds is 4. The van der Waals surface area contributed by atoms with E-state index < -0.39 is 11.9 Å². The number of benzene rings is 1. The molecular formula is C15H14BrNO4. The number of carbonyl (C=O) groups is 2. The third-order valence-corrected chi connectivity index (χ3v) is 3.49. The second-order valence-corrected chi connectivity index (χ2v) is 4.72. The molecule has 0 aliphatic rings. The van der Waals surface area contributed by atoms with Crippen LogP contribution in [0.25, 0.3) is 10.9 Å². The molecule has 0 bridgehead atoms. The number of fused-ring (bicyclic) bond motifs is 1. The van der Waals surface area contributed by atoms with Crippen LogP contribution in [0.1, 0.15) is 20.8 Å². The molecule has 0 spiro atoms. The van der Waals surface area contributed by atoms with Gasteiger partial charge in [0.05, 0.1) is 14.2 Å². The van der Waals surface area contributed by atoms with Gasteiger partial charge >= 0.3 is 11.9 Å². The van der Waals surface area contributed by atoms with Gasteiger partial charge in [-0.25, -0.2) is 9.59 Å². The lowest BCUT2D eigenvalue weighted by molar-refractivity contribution is 0.0549. The van der Waals surface area contributed by atoms with Crippen molar-refractivity contribution in [3.8, 4) is 0 Å². The number of aromatic nitrogens is 1. The molecular weight excluding hydrogens is 338 g/mol. The van der Waals surface area contributed by atoms with Gasteiger partial charge in [-0.1, -0.05) is 40.2 Å². The minimum atomic E-state index is -0.574. The van der Waals surface area contributed by atoms with Crippen molar-refractivity contribution < 1.29 is 19.1 Å². The Kier molecular flexibility index (Phi) is 4.80. The molecule has 0 saturated carbocycles. The quantitative estimate of drug-likeness (QED) is 0.794. The summed E-state index contributed by atoms with van der Waals surface area (Å²) in [6.45, 7) is 0.424. The first kappa shape index (κ1) is 15.3. The fraction of sp³-hybridized carbons (Fsp3) is 0.200. The monoisotopic (exact) mass is 351 g/mol. The lowest BCUT2D eigenvalue weighted by Gasteiger charge is -2.07. The second-order valence-electron chi connectivity index (χ2n) is 4.20. The number of allylic oxidation sites excluding steroid dienone is 1. The second kappa shape index (κ2) is 6.58. The van der Waals surface area contributed by atoms with E-state index in [0.29, 0.717) is 11.9 Å². The molecule has 5 nitrogen and oxygen atoms in total. The molecule has 0 N–H and O–H groups in total. The molecule has 21 heavy (non-hydrogen) atoms. The first-order chi connectivity index (χ1) is 10.2. The molecule has 0 aliphatic heterocycles. The zero-order chi connectivity index (χ0) is 15.4. The Balaban J connectivity index is 2.84. The van der Waals surface area contributed by atoms with Gasteiger partial charge in [0.25, 0.3) is 0 Å². The van der Waals surface area contributed by atoms with E-state index in [-0.39, 0.29) is 11.3 Å². The first-order valence-electron chi connectivity index (χ1n) is 6.18. The van der Waals surface area contributed by atoms with Gasteiger partial charge in [-0.3, -0.25) is 0 Å². The molecule has 0 unspecified atom stereocenters. The Morgan fingerprint density at radius 1 is 1.19 bits per heavy atom. The van der Waals surface area contributed by atoms with Crippen molar-refractivity contribution in [2.24, 2.45) is 0 Å². The van der Waals surface area contributed by atoms with Crippen molar-refractivity contribution in [2.75, 3.05) is 14.2 Å². The van der Waals surface area contributed by atoms with Crippen molar-refractivity contribution in [3.05, 3.63) is 46.6 Å². The largest absolute Gasteiger partial charge is 0.465 e. The predicted molar refractivity (Wildman–Crippen MR) is 82.7 cm³/mol. The molecule has 0 saturated heterocycles. The number of carbonyl (C=O) groups excluding carboxylic acids is 2. The molecule has 0 aliphatic carbocycles. The van der Waals surface area contributed by atoms with Crippen LogP contribution in [-0.4, -0.2) is 30.7 Å². The highest BCUT2D eigenvalue weighted by Gasteiger charge is 2.27. The molecule has 0 amide bonds. The van der Waals surface area contributed by atoms with E-state index in [4.69, 9.17) is 9.47 Å². The Bertz CT molecular complexity index is 718. The highest BCUT2D eigenvalue weighted by Crippen LogP contribution is 2.27. The summed E-state index contributed by atoms with van der Waals surface area (Å²) in [7, 11) is 2.57. The SMILES string of the molecule is COC(=O)c1c(C(=O)OC)n(C/C=C/Br)c2ccccc12. The van der Waals surface area contributed by atoms with E-state index in [1.54, 1.807) is 21.7 Å². The van der Waals surface area contributed by atoms with Gasteiger partial charge in [0.1, 0.15) is 11.3 Å². The van der Waals surface area contributed by atoms with Crippen LogP contribution in [0.3, 0.4) is 0 Å². The summed E-state index contributed by atoms with van der Waals surface area (Å²) in [5.41, 5.74) is 1.18. The van der Waals surface area contributed by atoms with Crippen LogP contribution in [0.5, 0.6) is 0 Å². The molecule has 2 rings (SSSR count). The normalized spacial score (nSPS) is 11.0. The van der Waals surface area contributed by atoms with Crippen LogP contribution in [0.4, 0.5) is 0 Å². The van der Waals surface area contributed by atoms with Gasteiger partial charge in [-0.15, -0.1) is 0 Å². The smallest absolute Gasteiger partial charge is 0.355 e. The summed E-state index contributed by atoms with van der Waals surface area (Å²) in [4.78, 5) is 25.9. The molecule has 1 aromatic carbocycles. The van der Waals surface area contributed by atoms with Gasteiger partial charge in [0.15, 0.2) is 0 Å². The van der Waals surface area contributed by atoms with Crippen LogP contribution >= 0.6 is 15.9 Å². The van der Waals surface area contributed by atoms with Crippen LogP contribution in [0.15, 0.2) is 35.3 Å². The maximum atomic E-state index is 12.1. The first-order valence-corrected chi connectivity index (χ1v) is 7.10. The number of halogens is 1. The van der Waals surface area contributed by atoms with E-state index >= 15 is 0 Å². The van der Waals surface area contributed by atoms with E-state index in [1.807, 2.05) is 18.2 Å². The van der Waals surface area contributed by atoms with Crippen LogP contribution in [0.2, 0.25) is 0 Å². The van der Waals surface area contributed by atoms with E-state index in [2.05, 4.69) is 15.9 Å². The predicted octanol–water partition coefficient (Wildman–Crippen LogP) is 3.12. The molecule has 1 heterocycles. The Morgan fingerprint density at radius 3 is 2.48 bits per heavy atom. The lowest BCUT2D eigenvalue weighted by Crippen LogP contribution is -2.15. The minimum absolute atomic E-state index is 0.191. The fourth-order valence-electron chi connectivity index (χ4n) is 2.26. The summed E-state index contributed by atoms with van der Waals surface area (Å²) in [6.07, 6.45) is 1.82. The average Bonchev–Trinajstić information content (AvgIpc) is 2.85. The third-order valence-electron chi connectivity index (χ3n) is 3.12. The summed E-state index contributed by atoms with van der Waals surface area (Å²) in [5.74, 6) is -1.14. The molecule has 2 aromatic rings. The van der Waals surface area contributed by atoms with Gasteiger partial charge in [0.2, 0.25) is 0 Å². The molecule has 0 atom stereocenters. The zero-order valence-electron chi connectivity index (χ0n) is 11.6. The topological polar surface area (TPSA) is 57.5 Å². The minimum Gasteiger partial charge on any atom is -0.465 e. The zero-order valence-corrected chi connectivity index (χ0v) is 13.2. The maximum absolute atomic E-state index is 12.1. The number of esters is 2. The molecule has 110 valence electrons. The van der Waals surface area contributed by atoms with Gasteiger partial charge in [-0.05, 0) is 11.1 Å². The van der Waals surface area contributed by atoms with Crippen molar-refractivity contribution in [2.45, 2.75) is 6.54 Å². The Hall–Kier alpha value is -2.08. The number of hydrogen-bond donors (Lipinski definition) is 0. The van der Waals surface area contributed by atoms with Crippen molar-refractivity contribution in [3.63, 3.8) is 0 Å². The fourth-order valence-corrected chi connectivity index (χ4v) is 2.42. The highest BCUT2D eigenvalue weighted by molar-refractivity contribution is 9.11. The number of para-hydroxylation sites is 1. The maximum Gasteiger partial charge on any atom is 0.355 e.